The molecule has 0 bridgehead atoms. The first-order chi connectivity index (χ1) is 13.4. The van der Waals surface area contributed by atoms with E-state index in [0.717, 1.165) is 21.8 Å². The molecule has 28 heavy (non-hydrogen) atoms. The number of hydrogen-bond donors (Lipinski definition) is 0. The monoisotopic (exact) mass is 395 g/mol. The van der Waals surface area contributed by atoms with Gasteiger partial charge in [-0.25, -0.2) is 0 Å². The molecule has 0 aliphatic carbocycles. The van der Waals surface area contributed by atoms with Gasteiger partial charge < -0.3 is 9.32 Å². The van der Waals surface area contributed by atoms with Gasteiger partial charge in [0.2, 0.25) is 5.91 Å². The van der Waals surface area contributed by atoms with Crippen LogP contribution in [0.3, 0.4) is 0 Å². The number of benzene rings is 1. The Morgan fingerprint density at radius 1 is 0.964 bits per heavy atom. The molecule has 0 fully saturated rings. The Morgan fingerprint density at radius 2 is 1.79 bits per heavy atom. The summed E-state index contributed by atoms with van der Waals surface area (Å²) in [5.74, 6) is 0.697. The summed E-state index contributed by atoms with van der Waals surface area (Å²) in [4.78, 5) is 29.5. The van der Waals surface area contributed by atoms with E-state index in [9.17, 15) is 9.59 Å². The first-order valence-corrected chi connectivity index (χ1v) is 10.2. The molecule has 5 heteroatoms. The van der Waals surface area contributed by atoms with Crippen LogP contribution in [0, 0.1) is 20.8 Å². The van der Waals surface area contributed by atoms with Crippen molar-refractivity contribution in [3.63, 3.8) is 0 Å². The van der Waals surface area contributed by atoms with Gasteiger partial charge in [0, 0.05) is 28.2 Å². The SMILES string of the molecule is Cc1ccc(CN(Cc2ccco2)C(=O)CCC(=O)c2ccc(C)c(C)c2)s1. The maximum absolute atomic E-state index is 12.9. The molecule has 0 saturated heterocycles. The number of Topliss-reactive ketones (excluding diaryl/α,β-unsaturated/α-hetero) is 1. The van der Waals surface area contributed by atoms with Gasteiger partial charge in [-0.05, 0) is 62.2 Å². The highest BCUT2D eigenvalue weighted by Crippen LogP contribution is 2.20. The van der Waals surface area contributed by atoms with Gasteiger partial charge in [0.25, 0.3) is 0 Å². The van der Waals surface area contributed by atoms with E-state index < -0.39 is 0 Å². The van der Waals surface area contributed by atoms with Crippen molar-refractivity contribution in [1.82, 2.24) is 4.90 Å². The van der Waals surface area contributed by atoms with Gasteiger partial charge in [-0.3, -0.25) is 9.59 Å². The molecule has 2 aromatic heterocycles. The van der Waals surface area contributed by atoms with Crippen molar-refractivity contribution in [2.75, 3.05) is 0 Å². The van der Waals surface area contributed by atoms with E-state index >= 15 is 0 Å². The van der Waals surface area contributed by atoms with Crippen molar-refractivity contribution in [2.45, 2.75) is 46.7 Å². The number of ketones is 1. The van der Waals surface area contributed by atoms with Crippen LogP contribution in [-0.2, 0) is 17.9 Å². The van der Waals surface area contributed by atoms with Crippen molar-refractivity contribution in [3.8, 4) is 0 Å². The average Bonchev–Trinajstić information content (AvgIpc) is 3.33. The number of carbonyl (C=O) groups is 2. The Labute approximate surface area is 169 Å². The van der Waals surface area contributed by atoms with E-state index in [2.05, 4.69) is 13.0 Å². The molecule has 2 heterocycles. The number of thiophene rings is 1. The number of aryl methyl sites for hydroxylation is 3. The minimum Gasteiger partial charge on any atom is -0.467 e. The minimum absolute atomic E-state index is 0.00127. The summed E-state index contributed by atoms with van der Waals surface area (Å²) in [6.07, 6.45) is 2.01. The largest absolute Gasteiger partial charge is 0.467 e. The highest BCUT2D eigenvalue weighted by atomic mass is 32.1. The third-order valence-electron chi connectivity index (χ3n) is 4.82. The molecule has 146 valence electrons. The Hall–Kier alpha value is -2.66. The van der Waals surface area contributed by atoms with Gasteiger partial charge in [0.1, 0.15) is 5.76 Å². The van der Waals surface area contributed by atoms with Crippen molar-refractivity contribution >= 4 is 23.0 Å². The topological polar surface area (TPSA) is 50.5 Å². The molecular weight excluding hydrogens is 370 g/mol. The van der Waals surface area contributed by atoms with E-state index in [0.29, 0.717) is 18.7 Å². The lowest BCUT2D eigenvalue weighted by Crippen LogP contribution is -2.30. The molecule has 1 aromatic carbocycles. The number of carbonyl (C=O) groups excluding carboxylic acids is 2. The molecule has 0 aliphatic heterocycles. The van der Waals surface area contributed by atoms with Gasteiger partial charge in [-0.15, -0.1) is 11.3 Å². The van der Waals surface area contributed by atoms with Crippen LogP contribution in [0.1, 0.15) is 49.8 Å². The van der Waals surface area contributed by atoms with Crippen molar-refractivity contribution in [3.05, 3.63) is 80.9 Å². The molecule has 4 nitrogen and oxygen atoms in total. The Morgan fingerprint density at radius 3 is 2.43 bits per heavy atom. The summed E-state index contributed by atoms with van der Waals surface area (Å²) >= 11 is 1.68. The van der Waals surface area contributed by atoms with Gasteiger partial charge in [-0.1, -0.05) is 12.1 Å². The Bertz CT molecular complexity index is 956. The normalized spacial score (nSPS) is 10.8. The summed E-state index contributed by atoms with van der Waals surface area (Å²) in [6.45, 7) is 6.99. The van der Waals surface area contributed by atoms with Crippen LogP contribution in [0.15, 0.2) is 53.1 Å². The summed E-state index contributed by atoms with van der Waals surface area (Å²) in [7, 11) is 0. The molecule has 0 atom stereocenters. The second-order valence-electron chi connectivity index (χ2n) is 7.06. The fraction of sp³-hybridized carbons (Fsp3) is 0.304. The lowest BCUT2D eigenvalue weighted by Gasteiger charge is -2.21. The maximum atomic E-state index is 12.9. The number of rotatable bonds is 8. The van der Waals surface area contributed by atoms with Crippen molar-refractivity contribution in [1.29, 1.82) is 0 Å². The summed E-state index contributed by atoms with van der Waals surface area (Å²) in [6, 6.07) is 13.5. The highest BCUT2D eigenvalue weighted by Gasteiger charge is 2.18. The number of furan rings is 1. The van der Waals surface area contributed by atoms with Crippen LogP contribution in [-0.4, -0.2) is 16.6 Å². The van der Waals surface area contributed by atoms with E-state index in [1.807, 2.05) is 50.2 Å². The van der Waals surface area contributed by atoms with E-state index in [-0.39, 0.29) is 24.5 Å². The zero-order valence-corrected chi connectivity index (χ0v) is 17.3. The highest BCUT2D eigenvalue weighted by molar-refractivity contribution is 7.11. The third kappa shape index (κ3) is 5.20. The molecule has 0 spiro atoms. The molecular formula is C23H25NO3S. The van der Waals surface area contributed by atoms with Crippen LogP contribution in [0.25, 0.3) is 0 Å². The fourth-order valence-corrected chi connectivity index (χ4v) is 3.93. The molecule has 0 unspecified atom stereocenters. The zero-order chi connectivity index (χ0) is 20.1. The predicted octanol–water partition coefficient (Wildman–Crippen LogP) is 5.46. The van der Waals surface area contributed by atoms with Crippen LogP contribution in [0.2, 0.25) is 0 Å². The summed E-state index contributed by atoms with van der Waals surface area (Å²) < 4.78 is 5.42. The van der Waals surface area contributed by atoms with Gasteiger partial charge >= 0.3 is 0 Å². The second-order valence-corrected chi connectivity index (χ2v) is 8.44. The molecule has 0 radical (unpaired) electrons. The van der Waals surface area contributed by atoms with E-state index in [1.165, 1.54) is 4.88 Å². The molecule has 3 rings (SSSR count). The van der Waals surface area contributed by atoms with Crippen LogP contribution in [0.5, 0.6) is 0 Å². The molecule has 0 saturated carbocycles. The van der Waals surface area contributed by atoms with Crippen molar-refractivity contribution in [2.24, 2.45) is 0 Å². The van der Waals surface area contributed by atoms with Crippen LogP contribution >= 0.6 is 11.3 Å². The third-order valence-corrected chi connectivity index (χ3v) is 5.80. The molecule has 1 amide bonds. The van der Waals surface area contributed by atoms with E-state index in [1.54, 1.807) is 22.5 Å². The molecule has 0 aliphatic rings. The Balaban J connectivity index is 1.65. The summed E-state index contributed by atoms with van der Waals surface area (Å²) in [5, 5.41) is 0. The first-order valence-electron chi connectivity index (χ1n) is 9.38. The standard InChI is InChI=1S/C23H25NO3S/c1-16-6-8-19(13-17(16)2)22(25)10-11-23(26)24(14-20-5-4-12-27-20)15-21-9-7-18(3)28-21/h4-9,12-13H,10-11,14-15H2,1-3H3. The summed E-state index contributed by atoms with van der Waals surface area (Å²) in [5.41, 5.74) is 2.91. The Kier molecular flexibility index (Phi) is 6.47. The van der Waals surface area contributed by atoms with Gasteiger partial charge in [-0.2, -0.15) is 0 Å². The van der Waals surface area contributed by atoms with Gasteiger partial charge in [0.05, 0.1) is 19.4 Å². The lowest BCUT2D eigenvalue weighted by atomic mass is 10.0. The first kappa shape index (κ1) is 20.1. The smallest absolute Gasteiger partial charge is 0.223 e. The lowest BCUT2D eigenvalue weighted by molar-refractivity contribution is -0.132. The molecule has 3 aromatic rings. The van der Waals surface area contributed by atoms with Crippen LogP contribution < -0.4 is 0 Å². The van der Waals surface area contributed by atoms with Crippen molar-refractivity contribution < 1.29 is 14.0 Å². The fourth-order valence-electron chi connectivity index (χ4n) is 3.02. The maximum Gasteiger partial charge on any atom is 0.223 e. The van der Waals surface area contributed by atoms with E-state index in [4.69, 9.17) is 4.42 Å². The average molecular weight is 396 g/mol. The predicted molar refractivity (Wildman–Crippen MR) is 111 cm³/mol. The number of hydrogen-bond acceptors (Lipinski definition) is 4. The zero-order valence-electron chi connectivity index (χ0n) is 16.5. The number of amides is 1. The number of nitrogens with zero attached hydrogens (tertiary/aromatic N) is 1. The van der Waals surface area contributed by atoms with Gasteiger partial charge in [0.15, 0.2) is 5.78 Å². The quantitative estimate of drug-likeness (QED) is 0.476. The minimum atomic E-state index is -0.0420. The van der Waals surface area contributed by atoms with Crippen LogP contribution in [0.4, 0.5) is 0 Å². The molecule has 0 N–H and O–H groups in total. The second kappa shape index (κ2) is 9.02.